The highest BCUT2D eigenvalue weighted by molar-refractivity contribution is 9.10. The second-order valence-electron chi connectivity index (χ2n) is 6.77. The van der Waals surface area contributed by atoms with E-state index in [0.717, 1.165) is 21.2 Å². The molecule has 132 valence electrons. The summed E-state index contributed by atoms with van der Waals surface area (Å²) in [5, 5.41) is 20.4. The van der Waals surface area contributed by atoms with E-state index in [0.29, 0.717) is 0 Å². The van der Waals surface area contributed by atoms with E-state index in [-0.39, 0.29) is 0 Å². The van der Waals surface area contributed by atoms with Crippen molar-refractivity contribution >= 4 is 27.9 Å². The van der Waals surface area contributed by atoms with Crippen LogP contribution < -0.4 is 5.73 Å². The number of rotatable bonds is 2. The van der Waals surface area contributed by atoms with E-state index < -0.39 is 29.3 Å². The van der Waals surface area contributed by atoms with Crippen molar-refractivity contribution in [3.05, 3.63) is 75.9 Å². The largest absolute Gasteiger partial charge is 0.368 e. The fourth-order valence-corrected chi connectivity index (χ4v) is 4.81. The topological polar surface area (TPSA) is 93.9 Å². The van der Waals surface area contributed by atoms with Crippen LogP contribution in [0, 0.1) is 28.1 Å². The number of nitriles is 2. The first-order chi connectivity index (χ1) is 13.0. The second kappa shape index (κ2) is 6.26. The normalized spacial score (nSPS) is 24.4. The van der Waals surface area contributed by atoms with Gasteiger partial charge >= 0.3 is 0 Å². The Kier molecular flexibility index (Phi) is 4.02. The third-order valence-electron chi connectivity index (χ3n) is 5.44. The lowest BCUT2D eigenvalue weighted by molar-refractivity contribution is -0.122. The lowest BCUT2D eigenvalue weighted by Gasteiger charge is -2.34. The Morgan fingerprint density at radius 1 is 1.15 bits per heavy atom. The number of hydrogen-bond donors (Lipinski definition) is 1. The number of halogens is 1. The maximum atomic E-state index is 12.5. The van der Waals surface area contributed by atoms with Gasteiger partial charge in [-0.1, -0.05) is 52.3 Å². The molecule has 1 amide bonds. The van der Waals surface area contributed by atoms with Crippen LogP contribution in [-0.2, 0) is 4.79 Å². The van der Waals surface area contributed by atoms with Crippen molar-refractivity contribution < 1.29 is 4.79 Å². The summed E-state index contributed by atoms with van der Waals surface area (Å²) in [5.74, 6) is -1.23. The molecule has 6 heteroatoms. The van der Waals surface area contributed by atoms with Gasteiger partial charge in [0.2, 0.25) is 5.91 Å². The van der Waals surface area contributed by atoms with Crippen molar-refractivity contribution in [1.29, 1.82) is 10.5 Å². The van der Waals surface area contributed by atoms with Crippen LogP contribution in [0.1, 0.15) is 28.7 Å². The van der Waals surface area contributed by atoms with Gasteiger partial charge in [0, 0.05) is 16.6 Å². The molecule has 1 fully saturated rings. The molecule has 0 spiro atoms. The maximum Gasteiger partial charge on any atom is 0.240 e. The Bertz CT molecular complexity index is 1030. The van der Waals surface area contributed by atoms with Crippen LogP contribution in [0.5, 0.6) is 0 Å². The van der Waals surface area contributed by atoms with Gasteiger partial charge in [-0.3, -0.25) is 4.79 Å². The number of nitrogens with two attached hydrogens (primary N) is 1. The van der Waals surface area contributed by atoms with E-state index in [1.807, 2.05) is 54.6 Å². The third kappa shape index (κ3) is 2.38. The second-order valence-corrected chi connectivity index (χ2v) is 7.68. The smallest absolute Gasteiger partial charge is 0.240 e. The Morgan fingerprint density at radius 2 is 1.89 bits per heavy atom. The predicted molar refractivity (Wildman–Crippen MR) is 104 cm³/mol. The van der Waals surface area contributed by atoms with Crippen LogP contribution in [0.25, 0.3) is 6.08 Å². The fraction of sp³-hybridized carbons (Fsp3) is 0.190. The minimum absolute atomic E-state index is 0.554. The number of benzene rings is 2. The van der Waals surface area contributed by atoms with Crippen molar-refractivity contribution in [2.24, 2.45) is 11.1 Å². The number of primary amides is 1. The molecule has 0 unspecified atom stereocenters. The van der Waals surface area contributed by atoms with E-state index in [1.54, 1.807) is 11.1 Å². The van der Waals surface area contributed by atoms with Crippen LogP contribution in [0.15, 0.2) is 59.2 Å². The molecule has 0 radical (unpaired) electrons. The van der Waals surface area contributed by atoms with Gasteiger partial charge in [0.05, 0.1) is 18.2 Å². The molecule has 0 aliphatic carbocycles. The summed E-state index contributed by atoms with van der Waals surface area (Å²) in [6.07, 6.45) is 3.68. The van der Waals surface area contributed by atoms with E-state index in [1.165, 1.54) is 0 Å². The highest BCUT2D eigenvalue weighted by Crippen LogP contribution is 2.59. The number of hydrogen-bond acceptors (Lipinski definition) is 4. The minimum Gasteiger partial charge on any atom is -0.368 e. The van der Waals surface area contributed by atoms with Crippen LogP contribution in [0.3, 0.4) is 0 Å². The zero-order valence-electron chi connectivity index (χ0n) is 14.2. The Morgan fingerprint density at radius 3 is 2.56 bits per heavy atom. The molecule has 2 aliphatic rings. The summed E-state index contributed by atoms with van der Waals surface area (Å²) < 4.78 is 0.814. The van der Waals surface area contributed by atoms with E-state index in [2.05, 4.69) is 28.1 Å². The van der Waals surface area contributed by atoms with Gasteiger partial charge in [0.1, 0.15) is 6.04 Å². The molecule has 2 aromatic carbocycles. The van der Waals surface area contributed by atoms with Crippen molar-refractivity contribution in [2.45, 2.75) is 18.0 Å². The summed E-state index contributed by atoms with van der Waals surface area (Å²) in [6, 6.07) is 18.2. The first kappa shape index (κ1) is 17.3. The average molecular weight is 419 g/mol. The van der Waals surface area contributed by atoms with Gasteiger partial charge < -0.3 is 10.6 Å². The quantitative estimate of drug-likeness (QED) is 0.807. The summed E-state index contributed by atoms with van der Waals surface area (Å²) in [6.45, 7) is 0. The van der Waals surface area contributed by atoms with Crippen LogP contribution in [0.4, 0.5) is 0 Å². The number of carbonyl (C=O) groups excluding carboxylic acids is 1. The van der Waals surface area contributed by atoms with Crippen molar-refractivity contribution in [3.63, 3.8) is 0 Å². The standard InChI is InChI=1S/C21H15BrN4O/c22-15-6-3-5-14(10-15)17-18(20(25)27)26-9-8-13-4-1-2-7-16(13)19(26)21(17,11-23)12-24/h1-10,17-19H,(H2,25,27)/t17-,18+,19-/m1/s1. The molecule has 2 aromatic rings. The maximum absolute atomic E-state index is 12.5. The van der Waals surface area contributed by atoms with Gasteiger partial charge in [-0.05, 0) is 34.9 Å². The first-order valence-electron chi connectivity index (χ1n) is 8.45. The molecule has 5 nitrogen and oxygen atoms in total. The zero-order valence-corrected chi connectivity index (χ0v) is 15.8. The fourth-order valence-electron chi connectivity index (χ4n) is 4.39. The molecular weight excluding hydrogens is 404 g/mol. The highest BCUT2D eigenvalue weighted by Gasteiger charge is 2.63. The summed E-state index contributed by atoms with van der Waals surface area (Å²) in [5.41, 5.74) is 6.84. The van der Waals surface area contributed by atoms with E-state index in [9.17, 15) is 15.3 Å². The minimum atomic E-state index is -1.46. The molecule has 1 saturated heterocycles. The molecule has 27 heavy (non-hydrogen) atoms. The van der Waals surface area contributed by atoms with Gasteiger partial charge in [0.15, 0.2) is 5.41 Å². The average Bonchev–Trinajstić information content (AvgIpc) is 2.99. The van der Waals surface area contributed by atoms with Crippen molar-refractivity contribution in [1.82, 2.24) is 4.90 Å². The molecule has 0 saturated carbocycles. The summed E-state index contributed by atoms with van der Waals surface area (Å²) in [7, 11) is 0. The summed E-state index contributed by atoms with van der Waals surface area (Å²) >= 11 is 3.44. The van der Waals surface area contributed by atoms with E-state index >= 15 is 0 Å². The lowest BCUT2D eigenvalue weighted by Crippen LogP contribution is -2.41. The Labute approximate surface area is 165 Å². The number of fused-ring (bicyclic) bond motifs is 3. The van der Waals surface area contributed by atoms with Crippen LogP contribution >= 0.6 is 15.9 Å². The lowest BCUT2D eigenvalue weighted by atomic mass is 9.68. The molecule has 3 atom stereocenters. The van der Waals surface area contributed by atoms with Gasteiger partial charge in [-0.15, -0.1) is 0 Å². The Hall–Kier alpha value is -3.09. The van der Waals surface area contributed by atoms with Crippen molar-refractivity contribution in [3.8, 4) is 12.1 Å². The molecule has 0 bridgehead atoms. The molecule has 2 aliphatic heterocycles. The predicted octanol–water partition coefficient (Wildman–Crippen LogP) is 3.46. The Balaban J connectivity index is 2.02. The first-order valence-corrected chi connectivity index (χ1v) is 9.24. The van der Waals surface area contributed by atoms with Gasteiger partial charge in [0.25, 0.3) is 0 Å². The van der Waals surface area contributed by atoms with E-state index in [4.69, 9.17) is 5.73 Å². The molecule has 4 rings (SSSR count). The molecule has 2 N–H and O–H groups in total. The SMILES string of the molecule is N#CC1(C#N)[C@H](c2cccc(Br)c2)[C@@H](C(N)=O)N2C=Cc3ccccc3[C@@H]21. The van der Waals surface area contributed by atoms with Gasteiger partial charge in [-0.25, -0.2) is 0 Å². The van der Waals surface area contributed by atoms with Crippen molar-refractivity contribution in [2.75, 3.05) is 0 Å². The van der Waals surface area contributed by atoms with Crippen LogP contribution in [0.2, 0.25) is 0 Å². The molecule has 2 heterocycles. The zero-order chi connectivity index (χ0) is 19.2. The third-order valence-corrected chi connectivity index (χ3v) is 5.94. The molecular formula is C21H15BrN4O. The van der Waals surface area contributed by atoms with Gasteiger partial charge in [-0.2, -0.15) is 10.5 Å². The monoisotopic (exact) mass is 418 g/mol. The molecule has 0 aromatic heterocycles. The number of carbonyl (C=O) groups is 1. The number of amides is 1. The summed E-state index contributed by atoms with van der Waals surface area (Å²) in [4.78, 5) is 14.3. The number of nitrogens with zero attached hydrogens (tertiary/aromatic N) is 3. The van der Waals surface area contributed by atoms with Crippen LogP contribution in [-0.4, -0.2) is 16.8 Å². The highest BCUT2D eigenvalue weighted by atomic mass is 79.9.